The quantitative estimate of drug-likeness (QED) is 0.614. The van der Waals surface area contributed by atoms with Crippen LogP contribution in [0.2, 0.25) is 0 Å². The highest BCUT2D eigenvalue weighted by Gasteiger charge is 2.19. The predicted octanol–water partition coefficient (Wildman–Crippen LogP) is 0.434. The topological polar surface area (TPSA) is 13.7 Å². The van der Waals surface area contributed by atoms with Gasteiger partial charge in [-0.3, -0.25) is 0 Å². The largest absolute Gasteiger partial charge is 0.463 e. The summed E-state index contributed by atoms with van der Waals surface area (Å²) >= 11 is 0. The van der Waals surface area contributed by atoms with E-state index < -0.39 is 0 Å². The first-order valence-electron chi connectivity index (χ1n) is 4.69. The summed E-state index contributed by atoms with van der Waals surface area (Å²) < 4.78 is 5.67. The van der Waals surface area contributed by atoms with Crippen LogP contribution < -0.4 is 4.90 Å². The van der Waals surface area contributed by atoms with Gasteiger partial charge in [0.1, 0.15) is 6.10 Å². The number of hydrogen-bond donors (Lipinski definition) is 1. The third kappa shape index (κ3) is 2.08. The molecule has 0 aliphatic carbocycles. The lowest BCUT2D eigenvalue weighted by Gasteiger charge is -2.32. The fourth-order valence-corrected chi connectivity index (χ4v) is 1.65. The molecule has 1 aromatic rings. The van der Waals surface area contributed by atoms with Crippen LogP contribution in [0.3, 0.4) is 0 Å². The predicted molar refractivity (Wildman–Crippen MR) is 51.2 cm³/mol. The lowest BCUT2D eigenvalue weighted by atomic mass is 10.1. The minimum atomic E-state index is 0.238. The fraction of sp³-hybridized carbons (Fsp3) is 0.364. The van der Waals surface area contributed by atoms with Crippen LogP contribution in [0.15, 0.2) is 30.3 Å². The van der Waals surface area contributed by atoms with Crippen molar-refractivity contribution in [3.8, 4) is 0 Å². The van der Waals surface area contributed by atoms with E-state index in [0.717, 1.165) is 19.7 Å². The van der Waals surface area contributed by atoms with Crippen molar-refractivity contribution in [3.05, 3.63) is 42.9 Å². The van der Waals surface area contributed by atoms with Gasteiger partial charge in [-0.25, -0.2) is 0 Å². The summed E-state index contributed by atoms with van der Waals surface area (Å²) in [6.07, 6.45) is 0.238. The summed E-state index contributed by atoms with van der Waals surface area (Å²) in [6, 6.07) is 10.4. The zero-order valence-corrected chi connectivity index (χ0v) is 7.70. The molecule has 1 N–H and O–H groups in total. The van der Waals surface area contributed by atoms with Crippen LogP contribution in [0.4, 0.5) is 0 Å². The van der Waals surface area contributed by atoms with Gasteiger partial charge < -0.3 is 9.64 Å². The Hall–Kier alpha value is -0.860. The second kappa shape index (κ2) is 3.90. The summed E-state index contributed by atoms with van der Waals surface area (Å²) in [7, 11) is 4.01. The zero-order valence-electron chi connectivity index (χ0n) is 7.70. The van der Waals surface area contributed by atoms with Crippen molar-refractivity contribution in [1.82, 2.24) is 0 Å². The molecular formula is C11H15NO. The molecule has 1 aromatic carbocycles. The molecule has 1 aliphatic heterocycles. The highest BCUT2D eigenvalue weighted by molar-refractivity contribution is 5.17. The second-order valence-corrected chi connectivity index (χ2v) is 3.47. The van der Waals surface area contributed by atoms with Crippen LogP contribution in [-0.4, -0.2) is 19.7 Å². The minimum absolute atomic E-state index is 0.238. The number of hydrogen-bond acceptors (Lipinski definition) is 1. The van der Waals surface area contributed by atoms with Gasteiger partial charge in [0, 0.05) is 0 Å². The van der Waals surface area contributed by atoms with E-state index in [0.29, 0.717) is 0 Å². The highest BCUT2D eigenvalue weighted by atomic mass is 16.5. The molecule has 0 spiro atoms. The molecule has 1 saturated heterocycles. The number of ether oxygens (including phenoxy) is 1. The van der Waals surface area contributed by atoms with E-state index in [4.69, 9.17) is 4.74 Å². The molecular weight excluding hydrogens is 162 g/mol. The van der Waals surface area contributed by atoms with E-state index in [-0.39, 0.29) is 6.10 Å². The molecule has 13 heavy (non-hydrogen) atoms. The molecule has 70 valence electrons. The molecule has 2 rings (SSSR count). The van der Waals surface area contributed by atoms with Crippen molar-refractivity contribution in [2.75, 3.05) is 19.7 Å². The van der Waals surface area contributed by atoms with Gasteiger partial charge in [0.25, 0.3) is 0 Å². The molecule has 2 atom stereocenters. The Morgan fingerprint density at radius 1 is 1.31 bits per heavy atom. The van der Waals surface area contributed by atoms with Crippen molar-refractivity contribution < 1.29 is 9.64 Å². The van der Waals surface area contributed by atoms with Crippen molar-refractivity contribution in [3.63, 3.8) is 0 Å². The fourth-order valence-electron chi connectivity index (χ4n) is 1.65. The van der Waals surface area contributed by atoms with Crippen LogP contribution >= 0.6 is 0 Å². The summed E-state index contributed by atoms with van der Waals surface area (Å²) in [5.41, 5.74) is 1.27. The molecule has 0 bridgehead atoms. The van der Waals surface area contributed by atoms with Crippen molar-refractivity contribution in [1.29, 1.82) is 0 Å². The smallest absolute Gasteiger partial charge is 0.129 e. The zero-order chi connectivity index (χ0) is 9.10. The molecule has 1 aliphatic rings. The van der Waals surface area contributed by atoms with Crippen LogP contribution in [-0.2, 0) is 4.74 Å². The third-order valence-corrected chi connectivity index (χ3v) is 2.42. The van der Waals surface area contributed by atoms with E-state index in [9.17, 15) is 0 Å². The average Bonchev–Trinajstić information content (AvgIpc) is 2.19. The summed E-state index contributed by atoms with van der Waals surface area (Å²) in [6.45, 7) is 2.81. The van der Waals surface area contributed by atoms with E-state index in [1.54, 1.807) is 0 Å². The number of quaternary nitrogens is 1. The van der Waals surface area contributed by atoms with E-state index in [1.807, 2.05) is 6.07 Å². The third-order valence-electron chi connectivity index (χ3n) is 2.42. The molecule has 2 nitrogen and oxygen atoms in total. The molecule has 2 heteroatoms. The first-order chi connectivity index (χ1) is 6.36. The maximum atomic E-state index is 5.67. The van der Waals surface area contributed by atoms with Gasteiger partial charge in [-0.2, -0.15) is 7.05 Å². The molecule has 0 radical (unpaired) electrons. The van der Waals surface area contributed by atoms with E-state index in [2.05, 4.69) is 31.3 Å². The molecule has 1 heterocycles. The van der Waals surface area contributed by atoms with Crippen LogP contribution in [0, 0.1) is 7.05 Å². The van der Waals surface area contributed by atoms with Gasteiger partial charge in [-0.05, 0) is 5.56 Å². The standard InChI is InChI=1S/C11H15NO/c1-12-7-8-13-11(9-12)10-5-3-2-4-6-10/h2-6,11-12H,1,7-9H2. The Labute approximate surface area is 79.1 Å². The lowest BCUT2D eigenvalue weighted by molar-refractivity contribution is -0.868. The maximum Gasteiger partial charge on any atom is 0.129 e. The van der Waals surface area contributed by atoms with Gasteiger partial charge in [-0.1, -0.05) is 30.3 Å². The van der Waals surface area contributed by atoms with Crippen LogP contribution in [0.5, 0.6) is 0 Å². The van der Waals surface area contributed by atoms with Gasteiger partial charge in [0.2, 0.25) is 0 Å². The first-order valence-corrected chi connectivity index (χ1v) is 4.69. The Kier molecular flexibility index (Phi) is 2.62. The molecule has 1 fully saturated rings. The lowest BCUT2D eigenvalue weighted by Crippen LogP contribution is -3.09. The van der Waals surface area contributed by atoms with Crippen molar-refractivity contribution >= 4 is 0 Å². The molecule has 2 unspecified atom stereocenters. The summed E-state index contributed by atoms with van der Waals surface area (Å²) in [5.74, 6) is 0. The normalized spacial score (nSPS) is 28.7. The molecule has 0 amide bonds. The van der Waals surface area contributed by atoms with E-state index in [1.165, 1.54) is 10.5 Å². The minimum Gasteiger partial charge on any atom is -0.463 e. The van der Waals surface area contributed by atoms with E-state index >= 15 is 0 Å². The maximum absolute atomic E-state index is 5.67. The van der Waals surface area contributed by atoms with Crippen molar-refractivity contribution in [2.24, 2.45) is 0 Å². The van der Waals surface area contributed by atoms with Crippen molar-refractivity contribution in [2.45, 2.75) is 6.10 Å². The van der Waals surface area contributed by atoms with Gasteiger partial charge in [0.05, 0.1) is 19.7 Å². The number of rotatable bonds is 1. The van der Waals surface area contributed by atoms with Gasteiger partial charge in [0.15, 0.2) is 0 Å². The Morgan fingerprint density at radius 3 is 2.77 bits per heavy atom. The average molecular weight is 177 g/mol. The number of morpholine rings is 1. The summed E-state index contributed by atoms with van der Waals surface area (Å²) in [4.78, 5) is 1.31. The Morgan fingerprint density at radius 2 is 2.08 bits per heavy atom. The van der Waals surface area contributed by atoms with Gasteiger partial charge in [-0.15, -0.1) is 0 Å². The Balaban J connectivity index is 2.08. The number of benzene rings is 1. The highest BCUT2D eigenvalue weighted by Crippen LogP contribution is 2.15. The van der Waals surface area contributed by atoms with Gasteiger partial charge >= 0.3 is 0 Å². The Bertz CT molecular complexity index is 260. The van der Waals surface area contributed by atoms with Crippen LogP contribution in [0.1, 0.15) is 11.7 Å². The monoisotopic (exact) mass is 177 g/mol. The molecule has 0 saturated carbocycles. The number of nitrogens with one attached hydrogen (secondary N) is 1. The summed E-state index contributed by atoms with van der Waals surface area (Å²) in [5, 5.41) is 0. The SMILES string of the molecule is [CH2-][NH+]1CCOC(c2ccccc2)C1. The molecule has 0 aromatic heterocycles. The van der Waals surface area contributed by atoms with Crippen LogP contribution in [0.25, 0.3) is 0 Å². The first kappa shape index (κ1) is 8.73. The second-order valence-electron chi connectivity index (χ2n) is 3.47.